The van der Waals surface area contributed by atoms with Gasteiger partial charge in [-0.1, -0.05) is 18.2 Å². The molecule has 1 spiro atoms. The molecule has 5 nitrogen and oxygen atoms in total. The van der Waals surface area contributed by atoms with E-state index in [-0.39, 0.29) is 11.8 Å². The number of anilines is 1. The molecule has 0 radical (unpaired) electrons. The summed E-state index contributed by atoms with van der Waals surface area (Å²) in [5.74, 6) is 0.227. The molecular formula is C18H18N2O3. The van der Waals surface area contributed by atoms with Crippen LogP contribution in [0.4, 0.5) is 5.69 Å². The summed E-state index contributed by atoms with van der Waals surface area (Å²) in [5.41, 5.74) is 2.05. The number of hydrogen-bond acceptors (Lipinski definition) is 3. The quantitative estimate of drug-likeness (QED) is 0.881. The summed E-state index contributed by atoms with van der Waals surface area (Å²) in [6, 6.07) is 9.54. The highest BCUT2D eigenvalue weighted by Gasteiger charge is 2.50. The molecule has 0 saturated carbocycles. The van der Waals surface area contributed by atoms with Crippen molar-refractivity contribution in [3.8, 4) is 0 Å². The number of fused-ring (bicyclic) bond motifs is 2. The minimum Gasteiger partial charge on any atom is -0.459 e. The lowest BCUT2D eigenvalue weighted by Gasteiger charge is -2.38. The van der Waals surface area contributed by atoms with E-state index in [4.69, 9.17) is 4.42 Å². The Bertz CT molecular complexity index is 795. The van der Waals surface area contributed by atoms with Crippen molar-refractivity contribution in [3.63, 3.8) is 0 Å². The third-order valence-corrected chi connectivity index (χ3v) is 4.96. The Morgan fingerprint density at radius 1 is 1.30 bits per heavy atom. The number of furan rings is 1. The summed E-state index contributed by atoms with van der Waals surface area (Å²) in [4.78, 5) is 27.1. The van der Waals surface area contributed by atoms with E-state index in [2.05, 4.69) is 5.32 Å². The van der Waals surface area contributed by atoms with Gasteiger partial charge in [0.1, 0.15) is 0 Å². The molecule has 23 heavy (non-hydrogen) atoms. The highest BCUT2D eigenvalue weighted by atomic mass is 16.3. The number of nitrogens with zero attached hydrogens (tertiary/aromatic N) is 1. The van der Waals surface area contributed by atoms with Gasteiger partial charge in [0.25, 0.3) is 5.91 Å². The SMILES string of the molecule is Cc1ccoc1C(=O)N1CCC[C@@]2(C1)C(=O)Nc1ccccc12. The molecule has 1 atom stereocenters. The lowest BCUT2D eigenvalue weighted by Crippen LogP contribution is -2.51. The smallest absolute Gasteiger partial charge is 0.289 e. The van der Waals surface area contributed by atoms with Gasteiger partial charge in [0.2, 0.25) is 5.91 Å². The predicted octanol–water partition coefficient (Wildman–Crippen LogP) is 2.71. The van der Waals surface area contributed by atoms with E-state index in [0.29, 0.717) is 18.8 Å². The predicted molar refractivity (Wildman–Crippen MR) is 85.3 cm³/mol. The molecule has 3 heterocycles. The van der Waals surface area contributed by atoms with Crippen molar-refractivity contribution in [3.05, 3.63) is 53.5 Å². The van der Waals surface area contributed by atoms with Crippen molar-refractivity contribution < 1.29 is 14.0 Å². The number of nitrogens with one attached hydrogen (secondary N) is 1. The average Bonchev–Trinajstić information content (AvgIpc) is 3.10. The fourth-order valence-corrected chi connectivity index (χ4v) is 3.74. The topological polar surface area (TPSA) is 62.6 Å². The average molecular weight is 310 g/mol. The Kier molecular flexibility index (Phi) is 3.04. The van der Waals surface area contributed by atoms with Crippen molar-refractivity contribution in [1.82, 2.24) is 4.90 Å². The molecule has 1 aromatic carbocycles. The monoisotopic (exact) mass is 310 g/mol. The largest absolute Gasteiger partial charge is 0.459 e. The molecule has 4 rings (SSSR count). The Balaban J connectivity index is 1.69. The maximum Gasteiger partial charge on any atom is 0.289 e. The molecule has 118 valence electrons. The van der Waals surface area contributed by atoms with Crippen molar-refractivity contribution in [2.24, 2.45) is 0 Å². The minimum absolute atomic E-state index is 0.00707. The van der Waals surface area contributed by atoms with Gasteiger partial charge in [-0.05, 0) is 37.5 Å². The second kappa shape index (κ2) is 4.98. The van der Waals surface area contributed by atoms with Gasteiger partial charge in [-0.15, -0.1) is 0 Å². The zero-order chi connectivity index (χ0) is 16.0. The number of hydrogen-bond donors (Lipinski definition) is 1. The summed E-state index contributed by atoms with van der Waals surface area (Å²) in [6.45, 7) is 2.90. The molecular weight excluding hydrogens is 292 g/mol. The van der Waals surface area contributed by atoms with Crippen LogP contribution in [0.15, 0.2) is 41.0 Å². The lowest BCUT2D eigenvalue weighted by molar-refractivity contribution is -0.122. The second-order valence-corrected chi connectivity index (χ2v) is 6.34. The van der Waals surface area contributed by atoms with Gasteiger partial charge in [0, 0.05) is 24.3 Å². The summed E-state index contributed by atoms with van der Waals surface area (Å²) in [5, 5.41) is 2.96. The van der Waals surface area contributed by atoms with E-state index >= 15 is 0 Å². The molecule has 5 heteroatoms. The van der Waals surface area contributed by atoms with Gasteiger partial charge in [0.15, 0.2) is 5.76 Å². The number of likely N-dealkylation sites (tertiary alicyclic amines) is 1. The van der Waals surface area contributed by atoms with Crippen LogP contribution >= 0.6 is 0 Å². The van der Waals surface area contributed by atoms with Gasteiger partial charge in [-0.25, -0.2) is 0 Å². The van der Waals surface area contributed by atoms with E-state index in [0.717, 1.165) is 29.7 Å². The van der Waals surface area contributed by atoms with Crippen LogP contribution in [0.25, 0.3) is 0 Å². The first-order valence-electron chi connectivity index (χ1n) is 7.86. The Hall–Kier alpha value is -2.56. The maximum absolute atomic E-state index is 12.7. The van der Waals surface area contributed by atoms with Crippen molar-refractivity contribution in [1.29, 1.82) is 0 Å². The summed E-state index contributed by atoms with van der Waals surface area (Å²) in [7, 11) is 0. The van der Waals surface area contributed by atoms with E-state index in [1.54, 1.807) is 11.0 Å². The first-order chi connectivity index (χ1) is 11.1. The zero-order valence-corrected chi connectivity index (χ0v) is 13.0. The van der Waals surface area contributed by atoms with Gasteiger partial charge < -0.3 is 14.6 Å². The van der Waals surface area contributed by atoms with Crippen molar-refractivity contribution >= 4 is 17.5 Å². The first-order valence-corrected chi connectivity index (χ1v) is 7.86. The van der Waals surface area contributed by atoms with Crippen LogP contribution in [0.1, 0.15) is 34.5 Å². The Morgan fingerprint density at radius 2 is 2.13 bits per heavy atom. The van der Waals surface area contributed by atoms with Crippen molar-refractivity contribution in [2.75, 3.05) is 18.4 Å². The number of para-hydroxylation sites is 1. The van der Waals surface area contributed by atoms with Gasteiger partial charge in [0.05, 0.1) is 11.7 Å². The normalized spacial score (nSPS) is 23.0. The first kappa shape index (κ1) is 14.1. The van der Waals surface area contributed by atoms with Crippen LogP contribution < -0.4 is 5.32 Å². The standard InChI is InChI=1S/C18H18N2O3/c1-12-7-10-23-15(12)16(21)20-9-4-8-18(11-20)13-5-2-3-6-14(13)19-17(18)22/h2-3,5-7,10H,4,8-9,11H2,1H3,(H,19,22)/t18-/m0/s1. The number of benzene rings is 1. The number of carbonyl (C=O) groups excluding carboxylic acids is 2. The van der Waals surface area contributed by atoms with E-state index < -0.39 is 5.41 Å². The van der Waals surface area contributed by atoms with Crippen LogP contribution in [-0.2, 0) is 10.2 Å². The third kappa shape index (κ3) is 2.00. The van der Waals surface area contributed by atoms with E-state index in [1.807, 2.05) is 31.2 Å². The number of piperidine rings is 1. The number of amides is 2. The van der Waals surface area contributed by atoms with Crippen LogP contribution in [0, 0.1) is 6.92 Å². The summed E-state index contributed by atoms with van der Waals surface area (Å²) >= 11 is 0. The second-order valence-electron chi connectivity index (χ2n) is 6.34. The minimum atomic E-state index is -0.634. The highest BCUT2D eigenvalue weighted by Crippen LogP contribution is 2.43. The number of rotatable bonds is 1. The highest BCUT2D eigenvalue weighted by molar-refractivity contribution is 6.07. The van der Waals surface area contributed by atoms with Crippen molar-refractivity contribution in [2.45, 2.75) is 25.2 Å². The van der Waals surface area contributed by atoms with Crippen LogP contribution in [0.2, 0.25) is 0 Å². The molecule has 2 aliphatic rings. The number of carbonyl (C=O) groups is 2. The third-order valence-electron chi connectivity index (χ3n) is 4.96. The molecule has 1 saturated heterocycles. The van der Waals surface area contributed by atoms with E-state index in [9.17, 15) is 9.59 Å². The van der Waals surface area contributed by atoms with Crippen LogP contribution in [0.5, 0.6) is 0 Å². The van der Waals surface area contributed by atoms with Gasteiger partial charge in [-0.2, -0.15) is 0 Å². The van der Waals surface area contributed by atoms with Gasteiger partial charge in [-0.3, -0.25) is 9.59 Å². The van der Waals surface area contributed by atoms with Gasteiger partial charge >= 0.3 is 0 Å². The molecule has 0 bridgehead atoms. The Morgan fingerprint density at radius 3 is 2.91 bits per heavy atom. The molecule has 1 N–H and O–H groups in total. The molecule has 1 aromatic heterocycles. The lowest BCUT2D eigenvalue weighted by atomic mass is 9.75. The molecule has 2 aliphatic heterocycles. The molecule has 1 fully saturated rings. The molecule has 2 aromatic rings. The van der Waals surface area contributed by atoms with E-state index in [1.165, 1.54) is 6.26 Å². The van der Waals surface area contributed by atoms with Crippen LogP contribution in [0.3, 0.4) is 0 Å². The summed E-state index contributed by atoms with van der Waals surface area (Å²) in [6.07, 6.45) is 3.09. The maximum atomic E-state index is 12.7. The fraction of sp³-hybridized carbons (Fsp3) is 0.333. The molecule has 0 aliphatic carbocycles. The molecule has 2 amide bonds. The Labute approximate surface area is 134 Å². The summed E-state index contributed by atoms with van der Waals surface area (Å²) < 4.78 is 5.33. The molecule has 0 unspecified atom stereocenters. The zero-order valence-electron chi connectivity index (χ0n) is 13.0. The number of aryl methyl sites for hydroxylation is 1. The van der Waals surface area contributed by atoms with Crippen LogP contribution in [-0.4, -0.2) is 29.8 Å². The fourth-order valence-electron chi connectivity index (χ4n) is 3.74.